The van der Waals surface area contributed by atoms with Crippen molar-refractivity contribution in [3.8, 4) is 11.6 Å². The minimum Gasteiger partial charge on any atom is -0.472 e. The van der Waals surface area contributed by atoms with Gasteiger partial charge in [-0.15, -0.1) is 0 Å². The lowest BCUT2D eigenvalue weighted by atomic mass is 10.2. The largest absolute Gasteiger partial charge is 0.472 e. The smallest absolute Gasteiger partial charge is 0.232 e. The Labute approximate surface area is 112 Å². The predicted molar refractivity (Wildman–Crippen MR) is 74.3 cm³/mol. The van der Waals surface area contributed by atoms with Crippen molar-refractivity contribution in [2.45, 2.75) is 6.61 Å². The molecule has 0 saturated carbocycles. The number of ether oxygens (including phenoxy) is 1. The maximum atomic E-state index is 5.66. The van der Waals surface area contributed by atoms with Crippen LogP contribution in [0, 0.1) is 0 Å². The second kappa shape index (κ2) is 5.40. The summed E-state index contributed by atoms with van der Waals surface area (Å²) in [4.78, 5) is 4.25. The van der Waals surface area contributed by atoms with Gasteiger partial charge in [0.2, 0.25) is 5.88 Å². The highest BCUT2D eigenvalue weighted by Crippen LogP contribution is 2.13. The maximum Gasteiger partial charge on any atom is 0.232 e. The molecule has 0 amide bonds. The van der Waals surface area contributed by atoms with Gasteiger partial charge in [0.15, 0.2) is 0 Å². The molecule has 0 aliphatic rings. The van der Waals surface area contributed by atoms with E-state index in [1.165, 1.54) is 0 Å². The average Bonchev–Trinajstić information content (AvgIpc) is 2.96. The van der Waals surface area contributed by atoms with Gasteiger partial charge in [-0.1, -0.05) is 48.5 Å². The monoisotopic (exact) mass is 250 g/mol. The highest BCUT2D eigenvalue weighted by molar-refractivity contribution is 5.32. The Hall–Kier alpha value is -2.55. The Kier molecular flexibility index (Phi) is 3.28. The zero-order valence-electron chi connectivity index (χ0n) is 10.4. The summed E-state index contributed by atoms with van der Waals surface area (Å²) in [6, 6.07) is 20.1. The van der Waals surface area contributed by atoms with Gasteiger partial charge in [0.05, 0.1) is 6.20 Å². The van der Waals surface area contributed by atoms with Crippen molar-refractivity contribution >= 4 is 0 Å². The van der Waals surface area contributed by atoms with E-state index in [2.05, 4.69) is 4.98 Å². The molecule has 0 N–H and O–H groups in total. The number of aromatic nitrogens is 2. The third kappa shape index (κ3) is 2.83. The molecule has 0 aliphatic carbocycles. The molecule has 3 nitrogen and oxygen atoms in total. The van der Waals surface area contributed by atoms with Crippen molar-refractivity contribution in [2.24, 2.45) is 0 Å². The van der Waals surface area contributed by atoms with Crippen LogP contribution >= 0.6 is 0 Å². The van der Waals surface area contributed by atoms with E-state index in [9.17, 15) is 0 Å². The lowest BCUT2D eigenvalue weighted by molar-refractivity contribution is 0.295. The molecule has 0 aliphatic heterocycles. The van der Waals surface area contributed by atoms with Crippen molar-refractivity contribution in [3.05, 3.63) is 78.8 Å². The molecular formula is C16H14N2O. The molecule has 0 bridgehead atoms. The van der Waals surface area contributed by atoms with Crippen LogP contribution in [0.5, 0.6) is 5.88 Å². The summed E-state index contributed by atoms with van der Waals surface area (Å²) in [6.07, 6.45) is 3.65. The first-order chi connectivity index (χ1) is 9.42. The summed E-state index contributed by atoms with van der Waals surface area (Å²) in [6.45, 7) is 0.534. The summed E-state index contributed by atoms with van der Waals surface area (Å²) < 4.78 is 7.61. The molecule has 1 aromatic heterocycles. The van der Waals surface area contributed by atoms with E-state index in [-0.39, 0.29) is 0 Å². The van der Waals surface area contributed by atoms with Crippen LogP contribution in [0.4, 0.5) is 0 Å². The third-order valence-corrected chi connectivity index (χ3v) is 2.84. The third-order valence-electron chi connectivity index (χ3n) is 2.84. The standard InChI is InChI=1S/C16H14N2O/c1-3-7-14(8-4-1)12-19-16-11-18(13-17-16)15-9-5-2-6-10-15/h1-11,13H,12H2. The Morgan fingerprint density at radius 3 is 2.32 bits per heavy atom. The summed E-state index contributed by atoms with van der Waals surface area (Å²) >= 11 is 0. The summed E-state index contributed by atoms with van der Waals surface area (Å²) in [5, 5.41) is 0. The normalized spacial score (nSPS) is 10.3. The molecule has 0 unspecified atom stereocenters. The highest BCUT2D eigenvalue weighted by atomic mass is 16.5. The first-order valence-corrected chi connectivity index (χ1v) is 6.18. The fourth-order valence-electron chi connectivity index (χ4n) is 1.85. The van der Waals surface area contributed by atoms with Crippen LogP contribution in [0.15, 0.2) is 73.2 Å². The zero-order valence-corrected chi connectivity index (χ0v) is 10.4. The Morgan fingerprint density at radius 1 is 0.895 bits per heavy atom. The number of nitrogens with zero attached hydrogens (tertiary/aromatic N) is 2. The van der Waals surface area contributed by atoms with Crippen LogP contribution in [-0.4, -0.2) is 9.55 Å². The lowest BCUT2D eigenvalue weighted by Gasteiger charge is -2.02. The number of hydrogen-bond acceptors (Lipinski definition) is 2. The van der Waals surface area contributed by atoms with E-state index in [0.29, 0.717) is 12.5 Å². The van der Waals surface area contributed by atoms with Crippen LogP contribution in [-0.2, 0) is 6.61 Å². The van der Waals surface area contributed by atoms with E-state index < -0.39 is 0 Å². The van der Waals surface area contributed by atoms with Crippen LogP contribution in [0.2, 0.25) is 0 Å². The summed E-state index contributed by atoms with van der Waals surface area (Å²) in [5.74, 6) is 0.632. The van der Waals surface area contributed by atoms with Crippen molar-refractivity contribution in [1.29, 1.82) is 0 Å². The maximum absolute atomic E-state index is 5.66. The molecule has 0 fully saturated rings. The molecule has 2 aromatic carbocycles. The fourth-order valence-corrected chi connectivity index (χ4v) is 1.85. The first kappa shape index (κ1) is 11.5. The SMILES string of the molecule is c1ccc(COc2cn(-c3ccccc3)cn2)cc1. The zero-order chi connectivity index (χ0) is 12.9. The van der Waals surface area contributed by atoms with Crippen molar-refractivity contribution in [1.82, 2.24) is 9.55 Å². The first-order valence-electron chi connectivity index (χ1n) is 6.18. The van der Waals surface area contributed by atoms with E-state index >= 15 is 0 Å². The number of para-hydroxylation sites is 1. The molecular weight excluding hydrogens is 236 g/mol. The van der Waals surface area contributed by atoms with Crippen LogP contribution in [0.1, 0.15) is 5.56 Å². The van der Waals surface area contributed by atoms with Gasteiger partial charge >= 0.3 is 0 Å². The highest BCUT2D eigenvalue weighted by Gasteiger charge is 2.01. The van der Waals surface area contributed by atoms with E-state index in [1.807, 2.05) is 71.4 Å². The second-order valence-corrected chi connectivity index (χ2v) is 4.23. The van der Waals surface area contributed by atoms with Gasteiger partial charge in [-0.25, -0.2) is 4.98 Å². The van der Waals surface area contributed by atoms with Crippen molar-refractivity contribution in [3.63, 3.8) is 0 Å². The molecule has 19 heavy (non-hydrogen) atoms. The Bertz CT molecular complexity index is 632. The molecule has 3 rings (SSSR count). The van der Waals surface area contributed by atoms with Gasteiger partial charge in [0.25, 0.3) is 0 Å². The molecule has 1 heterocycles. The minimum atomic E-state index is 0.534. The number of imidazole rings is 1. The number of benzene rings is 2. The van der Waals surface area contributed by atoms with Crippen molar-refractivity contribution < 1.29 is 4.74 Å². The molecule has 0 spiro atoms. The van der Waals surface area contributed by atoms with Crippen LogP contribution < -0.4 is 4.74 Å². The second-order valence-electron chi connectivity index (χ2n) is 4.23. The molecule has 3 aromatic rings. The topological polar surface area (TPSA) is 27.1 Å². The van der Waals surface area contributed by atoms with Crippen LogP contribution in [0.3, 0.4) is 0 Å². The summed E-state index contributed by atoms with van der Waals surface area (Å²) in [7, 11) is 0. The average molecular weight is 250 g/mol. The predicted octanol–water partition coefficient (Wildman–Crippen LogP) is 3.45. The van der Waals surface area contributed by atoms with Gasteiger partial charge in [0.1, 0.15) is 12.9 Å². The van der Waals surface area contributed by atoms with Gasteiger partial charge in [-0.3, -0.25) is 0 Å². The van der Waals surface area contributed by atoms with Gasteiger partial charge in [-0.2, -0.15) is 0 Å². The number of hydrogen-bond donors (Lipinski definition) is 0. The number of rotatable bonds is 4. The molecule has 3 heteroatoms. The van der Waals surface area contributed by atoms with Gasteiger partial charge in [-0.05, 0) is 17.7 Å². The van der Waals surface area contributed by atoms with Crippen molar-refractivity contribution in [2.75, 3.05) is 0 Å². The Balaban J connectivity index is 1.69. The van der Waals surface area contributed by atoms with E-state index in [0.717, 1.165) is 11.3 Å². The summed E-state index contributed by atoms with van der Waals surface area (Å²) in [5.41, 5.74) is 2.21. The van der Waals surface area contributed by atoms with Crippen LogP contribution in [0.25, 0.3) is 5.69 Å². The molecule has 0 atom stereocenters. The van der Waals surface area contributed by atoms with Gasteiger partial charge in [0, 0.05) is 5.69 Å². The van der Waals surface area contributed by atoms with Gasteiger partial charge < -0.3 is 9.30 Å². The molecule has 0 radical (unpaired) electrons. The van der Waals surface area contributed by atoms with E-state index in [1.54, 1.807) is 6.33 Å². The van der Waals surface area contributed by atoms with E-state index in [4.69, 9.17) is 4.74 Å². The fraction of sp³-hybridized carbons (Fsp3) is 0.0625. The molecule has 94 valence electrons. The Morgan fingerprint density at radius 2 is 1.58 bits per heavy atom. The minimum absolute atomic E-state index is 0.534. The lowest BCUT2D eigenvalue weighted by Crippen LogP contribution is -1.95. The quantitative estimate of drug-likeness (QED) is 0.709. The molecule has 0 saturated heterocycles.